The molecule has 0 unspecified atom stereocenters. The van der Waals surface area contributed by atoms with E-state index in [0.717, 1.165) is 32.1 Å². The summed E-state index contributed by atoms with van der Waals surface area (Å²) in [6.45, 7) is 4.06. The molecule has 0 bridgehead atoms. The average molecular weight is 230 g/mol. The van der Waals surface area contributed by atoms with E-state index in [0.29, 0.717) is 6.42 Å². The minimum Gasteiger partial charge on any atom is -0.481 e. The van der Waals surface area contributed by atoms with Crippen molar-refractivity contribution in [1.82, 2.24) is 0 Å². The number of allylic oxidation sites excluding steroid dienone is 1. The van der Waals surface area contributed by atoms with E-state index in [1.165, 1.54) is 6.08 Å². The van der Waals surface area contributed by atoms with Gasteiger partial charge in [-0.25, -0.2) is 4.79 Å². The Hall–Kier alpha value is -1.32. The second-order valence-corrected chi connectivity index (χ2v) is 3.38. The van der Waals surface area contributed by atoms with Gasteiger partial charge in [0.25, 0.3) is 0 Å². The molecule has 0 saturated carbocycles. The summed E-state index contributed by atoms with van der Waals surface area (Å²) in [5.41, 5.74) is 0. The first-order chi connectivity index (χ1) is 7.54. The van der Waals surface area contributed by atoms with Crippen LogP contribution in [0.1, 0.15) is 52.4 Å². The fourth-order valence-electron chi connectivity index (χ4n) is 0.877. The lowest BCUT2D eigenvalue weighted by molar-refractivity contribution is -0.137. The van der Waals surface area contributed by atoms with Crippen LogP contribution in [0.15, 0.2) is 12.2 Å². The molecule has 0 atom stereocenters. The molecule has 4 nitrogen and oxygen atoms in total. The van der Waals surface area contributed by atoms with Gasteiger partial charge in [0.05, 0.1) is 0 Å². The topological polar surface area (TPSA) is 74.6 Å². The molecule has 0 radical (unpaired) electrons. The molecule has 0 fully saturated rings. The Balaban J connectivity index is 0. The Morgan fingerprint density at radius 1 is 1.06 bits per heavy atom. The third kappa shape index (κ3) is 23.0. The lowest BCUT2D eigenvalue weighted by atomic mass is 10.2. The first-order valence-corrected chi connectivity index (χ1v) is 5.65. The number of rotatable bonds is 7. The summed E-state index contributed by atoms with van der Waals surface area (Å²) in [4.78, 5) is 19.7. The highest BCUT2D eigenvalue weighted by Crippen LogP contribution is 1.97. The Bertz CT molecular complexity index is 209. The van der Waals surface area contributed by atoms with Crippen molar-refractivity contribution in [3.05, 3.63) is 12.2 Å². The fourth-order valence-corrected chi connectivity index (χ4v) is 0.877. The molecule has 0 aromatic carbocycles. The Morgan fingerprint density at radius 3 is 2.06 bits per heavy atom. The van der Waals surface area contributed by atoms with Gasteiger partial charge < -0.3 is 10.2 Å². The third-order valence-corrected chi connectivity index (χ3v) is 1.71. The van der Waals surface area contributed by atoms with Gasteiger partial charge in [-0.2, -0.15) is 0 Å². The summed E-state index contributed by atoms with van der Waals surface area (Å²) in [7, 11) is 0. The zero-order valence-corrected chi connectivity index (χ0v) is 10.1. The number of unbranched alkanes of at least 4 members (excludes halogenated alkanes) is 3. The van der Waals surface area contributed by atoms with Gasteiger partial charge in [0.15, 0.2) is 0 Å². The van der Waals surface area contributed by atoms with Crippen LogP contribution in [0, 0.1) is 0 Å². The maximum Gasteiger partial charge on any atom is 0.327 e. The Labute approximate surface area is 97.0 Å². The van der Waals surface area contributed by atoms with Crippen molar-refractivity contribution >= 4 is 11.9 Å². The fraction of sp³-hybridized carbons (Fsp3) is 0.667. The predicted molar refractivity (Wildman–Crippen MR) is 63.5 cm³/mol. The molecule has 0 saturated heterocycles. The SMILES string of the molecule is CCC/C=C/C(=O)O.CCCCCC(=O)O. The zero-order valence-electron chi connectivity index (χ0n) is 10.1. The molecule has 0 aromatic rings. The molecule has 16 heavy (non-hydrogen) atoms. The summed E-state index contributed by atoms with van der Waals surface area (Å²) in [5, 5.41) is 16.2. The minimum absolute atomic E-state index is 0.327. The van der Waals surface area contributed by atoms with Gasteiger partial charge in [0.2, 0.25) is 0 Å². The van der Waals surface area contributed by atoms with Gasteiger partial charge in [0, 0.05) is 12.5 Å². The van der Waals surface area contributed by atoms with Crippen molar-refractivity contribution in [2.75, 3.05) is 0 Å². The lowest BCUT2D eigenvalue weighted by Crippen LogP contribution is -1.92. The molecular formula is C12H22O4. The molecule has 0 amide bonds. The van der Waals surface area contributed by atoms with E-state index < -0.39 is 11.9 Å². The molecule has 0 rings (SSSR count). The van der Waals surface area contributed by atoms with E-state index in [2.05, 4.69) is 6.92 Å². The molecule has 0 aliphatic carbocycles. The third-order valence-electron chi connectivity index (χ3n) is 1.71. The maximum absolute atomic E-state index is 9.87. The van der Waals surface area contributed by atoms with E-state index in [1.807, 2.05) is 6.92 Å². The van der Waals surface area contributed by atoms with Gasteiger partial charge in [0.1, 0.15) is 0 Å². The van der Waals surface area contributed by atoms with Crippen LogP contribution < -0.4 is 0 Å². The second kappa shape index (κ2) is 13.7. The predicted octanol–water partition coefficient (Wildman–Crippen LogP) is 3.08. The van der Waals surface area contributed by atoms with Crippen molar-refractivity contribution in [3.8, 4) is 0 Å². The highest BCUT2D eigenvalue weighted by atomic mass is 16.4. The van der Waals surface area contributed by atoms with Crippen LogP contribution in [-0.2, 0) is 9.59 Å². The normalized spacial score (nSPS) is 9.62. The molecule has 0 heterocycles. The number of carboxylic acid groups (broad SMARTS) is 2. The number of hydrogen-bond acceptors (Lipinski definition) is 2. The highest BCUT2D eigenvalue weighted by molar-refractivity contribution is 5.79. The minimum atomic E-state index is -0.863. The molecule has 0 aromatic heterocycles. The molecule has 2 N–H and O–H groups in total. The van der Waals surface area contributed by atoms with Crippen molar-refractivity contribution in [2.24, 2.45) is 0 Å². The van der Waals surface area contributed by atoms with E-state index in [4.69, 9.17) is 10.2 Å². The van der Waals surface area contributed by atoms with Gasteiger partial charge in [-0.05, 0) is 12.8 Å². The summed E-state index contributed by atoms with van der Waals surface area (Å²) >= 11 is 0. The maximum atomic E-state index is 9.87. The van der Waals surface area contributed by atoms with Gasteiger partial charge >= 0.3 is 11.9 Å². The Kier molecular flexibility index (Phi) is 14.6. The standard InChI is InChI=1S/C6H12O2.C6H10O2/c2*1-2-3-4-5-6(7)8/h2-5H2,1H3,(H,7,8);4-5H,2-3H2,1H3,(H,7,8)/b;5-4+. The molecule has 0 spiro atoms. The van der Waals surface area contributed by atoms with Crippen LogP contribution in [0.4, 0.5) is 0 Å². The monoisotopic (exact) mass is 230 g/mol. The summed E-state index contributed by atoms with van der Waals surface area (Å²) in [6.07, 6.45) is 7.96. The van der Waals surface area contributed by atoms with Crippen LogP contribution in [0.25, 0.3) is 0 Å². The molecular weight excluding hydrogens is 208 g/mol. The number of carbonyl (C=O) groups is 2. The summed E-state index contributed by atoms with van der Waals surface area (Å²) < 4.78 is 0. The quantitative estimate of drug-likeness (QED) is 0.520. The van der Waals surface area contributed by atoms with Crippen LogP contribution in [-0.4, -0.2) is 22.2 Å². The summed E-state index contributed by atoms with van der Waals surface area (Å²) in [6, 6.07) is 0. The smallest absolute Gasteiger partial charge is 0.327 e. The van der Waals surface area contributed by atoms with Crippen LogP contribution in [0.3, 0.4) is 0 Å². The number of carboxylic acids is 2. The van der Waals surface area contributed by atoms with E-state index in [1.54, 1.807) is 6.08 Å². The van der Waals surface area contributed by atoms with Crippen LogP contribution >= 0.6 is 0 Å². The van der Waals surface area contributed by atoms with Crippen molar-refractivity contribution in [3.63, 3.8) is 0 Å². The van der Waals surface area contributed by atoms with Crippen molar-refractivity contribution in [1.29, 1.82) is 0 Å². The number of aliphatic carboxylic acids is 2. The largest absolute Gasteiger partial charge is 0.481 e. The van der Waals surface area contributed by atoms with Crippen molar-refractivity contribution in [2.45, 2.75) is 52.4 Å². The van der Waals surface area contributed by atoms with Gasteiger partial charge in [-0.1, -0.05) is 39.2 Å². The van der Waals surface area contributed by atoms with Crippen molar-refractivity contribution < 1.29 is 19.8 Å². The average Bonchev–Trinajstić information content (AvgIpc) is 2.18. The van der Waals surface area contributed by atoms with Crippen LogP contribution in [0.2, 0.25) is 0 Å². The first kappa shape index (κ1) is 17.1. The number of hydrogen-bond donors (Lipinski definition) is 2. The summed E-state index contributed by atoms with van der Waals surface area (Å²) in [5.74, 6) is -1.54. The molecule has 4 heteroatoms. The molecule has 94 valence electrons. The highest BCUT2D eigenvalue weighted by Gasteiger charge is 1.92. The first-order valence-electron chi connectivity index (χ1n) is 5.65. The van der Waals surface area contributed by atoms with Gasteiger partial charge in [-0.3, -0.25) is 4.79 Å². The van der Waals surface area contributed by atoms with E-state index in [9.17, 15) is 9.59 Å². The van der Waals surface area contributed by atoms with E-state index in [-0.39, 0.29) is 0 Å². The van der Waals surface area contributed by atoms with E-state index >= 15 is 0 Å². The van der Waals surface area contributed by atoms with Crippen LogP contribution in [0.5, 0.6) is 0 Å². The molecule has 0 aliphatic rings. The van der Waals surface area contributed by atoms with Gasteiger partial charge in [-0.15, -0.1) is 0 Å². The lowest BCUT2D eigenvalue weighted by Gasteiger charge is -1.89. The molecule has 0 aliphatic heterocycles. The second-order valence-electron chi connectivity index (χ2n) is 3.38. The Morgan fingerprint density at radius 2 is 1.69 bits per heavy atom. The zero-order chi connectivity index (χ0) is 12.8.